The van der Waals surface area contributed by atoms with Gasteiger partial charge in [-0.15, -0.1) is 0 Å². The molecule has 0 spiro atoms. The van der Waals surface area contributed by atoms with Gasteiger partial charge in [0.2, 0.25) is 0 Å². The Labute approximate surface area is 109 Å². The lowest BCUT2D eigenvalue weighted by Crippen LogP contribution is -2.33. The maximum Gasteiger partial charge on any atom is 0.0549 e. The smallest absolute Gasteiger partial charge is 0.0549 e. The molecule has 0 aromatic carbocycles. The van der Waals surface area contributed by atoms with E-state index in [1.54, 1.807) is 0 Å². The maximum absolute atomic E-state index is 6.06. The quantitative estimate of drug-likeness (QED) is 0.640. The van der Waals surface area contributed by atoms with Gasteiger partial charge in [0, 0.05) is 10.7 Å². The molecule has 96 valence electrons. The largest absolute Gasteiger partial charge is 0.378 e. The third-order valence-electron chi connectivity index (χ3n) is 3.68. The van der Waals surface area contributed by atoms with E-state index in [0.717, 1.165) is 17.9 Å². The molecule has 0 aromatic heterocycles. The fourth-order valence-electron chi connectivity index (χ4n) is 2.67. The molecule has 1 saturated carbocycles. The standard InChI is InChI=1S/C14H27BrO/c1-12(2)9-13(3)16-11-14(10-15)7-5-4-6-8-14/h12-13H,4-11H2,1-3H3. The van der Waals surface area contributed by atoms with Gasteiger partial charge in [0.25, 0.3) is 0 Å². The van der Waals surface area contributed by atoms with Crippen molar-refractivity contribution >= 4 is 15.9 Å². The highest BCUT2D eigenvalue weighted by Gasteiger charge is 2.31. The number of alkyl halides is 1. The first-order valence-corrected chi connectivity index (χ1v) is 7.88. The van der Waals surface area contributed by atoms with Crippen molar-refractivity contribution in [3.05, 3.63) is 0 Å². The second kappa shape index (κ2) is 7.00. The number of rotatable bonds is 6. The van der Waals surface area contributed by atoms with Crippen molar-refractivity contribution in [1.82, 2.24) is 0 Å². The van der Waals surface area contributed by atoms with E-state index in [-0.39, 0.29) is 0 Å². The molecule has 0 amide bonds. The monoisotopic (exact) mass is 290 g/mol. The Morgan fingerprint density at radius 3 is 2.25 bits per heavy atom. The summed E-state index contributed by atoms with van der Waals surface area (Å²) in [5.41, 5.74) is 0.434. The average molecular weight is 291 g/mol. The normalized spacial score (nSPS) is 22.3. The summed E-state index contributed by atoms with van der Waals surface area (Å²) >= 11 is 3.69. The fourth-order valence-corrected chi connectivity index (χ4v) is 3.39. The Morgan fingerprint density at radius 2 is 1.75 bits per heavy atom. The molecular weight excluding hydrogens is 264 g/mol. The van der Waals surface area contributed by atoms with E-state index < -0.39 is 0 Å². The summed E-state index contributed by atoms with van der Waals surface area (Å²) in [4.78, 5) is 0. The topological polar surface area (TPSA) is 9.23 Å². The molecule has 0 radical (unpaired) electrons. The van der Waals surface area contributed by atoms with E-state index in [9.17, 15) is 0 Å². The van der Waals surface area contributed by atoms with Gasteiger partial charge in [0.15, 0.2) is 0 Å². The van der Waals surface area contributed by atoms with E-state index in [0.29, 0.717) is 11.5 Å². The van der Waals surface area contributed by atoms with Crippen LogP contribution in [0.25, 0.3) is 0 Å². The Morgan fingerprint density at radius 1 is 1.12 bits per heavy atom. The van der Waals surface area contributed by atoms with Crippen LogP contribution in [-0.4, -0.2) is 18.0 Å². The molecule has 0 aliphatic heterocycles. The number of hydrogen-bond donors (Lipinski definition) is 0. The van der Waals surface area contributed by atoms with Gasteiger partial charge in [0.05, 0.1) is 12.7 Å². The van der Waals surface area contributed by atoms with Crippen molar-refractivity contribution in [2.24, 2.45) is 11.3 Å². The van der Waals surface area contributed by atoms with Crippen molar-refractivity contribution in [3.8, 4) is 0 Å². The van der Waals surface area contributed by atoms with Gasteiger partial charge in [-0.25, -0.2) is 0 Å². The van der Waals surface area contributed by atoms with Crippen LogP contribution in [-0.2, 0) is 4.74 Å². The molecule has 1 unspecified atom stereocenters. The third-order valence-corrected chi connectivity index (χ3v) is 4.86. The predicted molar refractivity (Wildman–Crippen MR) is 74.2 cm³/mol. The first-order valence-electron chi connectivity index (χ1n) is 6.75. The Balaban J connectivity index is 2.32. The molecule has 0 heterocycles. The lowest BCUT2D eigenvalue weighted by atomic mass is 9.76. The zero-order valence-corrected chi connectivity index (χ0v) is 12.7. The molecule has 0 bridgehead atoms. The second-order valence-corrected chi connectivity index (χ2v) is 6.51. The minimum absolute atomic E-state index is 0.415. The molecule has 1 nitrogen and oxygen atoms in total. The van der Waals surface area contributed by atoms with Crippen molar-refractivity contribution < 1.29 is 4.74 Å². The van der Waals surface area contributed by atoms with Gasteiger partial charge in [0.1, 0.15) is 0 Å². The van der Waals surface area contributed by atoms with Crippen LogP contribution in [0.3, 0.4) is 0 Å². The van der Waals surface area contributed by atoms with Crippen LogP contribution in [0, 0.1) is 11.3 Å². The molecule has 1 fully saturated rings. The van der Waals surface area contributed by atoms with Crippen LogP contribution >= 0.6 is 15.9 Å². The molecule has 0 aromatic rings. The summed E-state index contributed by atoms with van der Waals surface area (Å²) in [6, 6.07) is 0. The molecule has 1 rings (SSSR count). The highest BCUT2D eigenvalue weighted by Crippen LogP contribution is 2.38. The zero-order valence-electron chi connectivity index (χ0n) is 11.1. The maximum atomic E-state index is 6.06. The van der Waals surface area contributed by atoms with E-state index in [1.165, 1.54) is 38.5 Å². The van der Waals surface area contributed by atoms with Crippen LogP contribution < -0.4 is 0 Å². The van der Waals surface area contributed by atoms with E-state index in [2.05, 4.69) is 36.7 Å². The van der Waals surface area contributed by atoms with E-state index >= 15 is 0 Å². The summed E-state index contributed by atoms with van der Waals surface area (Å²) in [5.74, 6) is 0.737. The summed E-state index contributed by atoms with van der Waals surface area (Å²) < 4.78 is 6.06. The van der Waals surface area contributed by atoms with E-state index in [1.807, 2.05) is 0 Å². The lowest BCUT2D eigenvalue weighted by molar-refractivity contribution is -0.0145. The first kappa shape index (κ1) is 14.5. The van der Waals surface area contributed by atoms with Gasteiger partial charge < -0.3 is 4.74 Å². The van der Waals surface area contributed by atoms with Gasteiger partial charge in [-0.3, -0.25) is 0 Å². The minimum atomic E-state index is 0.415. The van der Waals surface area contributed by atoms with Crippen molar-refractivity contribution in [2.75, 3.05) is 11.9 Å². The van der Waals surface area contributed by atoms with Crippen LogP contribution in [0.5, 0.6) is 0 Å². The minimum Gasteiger partial charge on any atom is -0.378 e. The van der Waals surface area contributed by atoms with Gasteiger partial charge >= 0.3 is 0 Å². The fraction of sp³-hybridized carbons (Fsp3) is 1.00. The number of ether oxygens (including phenoxy) is 1. The zero-order chi connectivity index (χ0) is 12.0. The molecule has 0 saturated heterocycles. The van der Waals surface area contributed by atoms with Crippen LogP contribution in [0.4, 0.5) is 0 Å². The SMILES string of the molecule is CC(C)CC(C)OCC1(CBr)CCCCC1. The van der Waals surface area contributed by atoms with Crippen molar-refractivity contribution in [1.29, 1.82) is 0 Å². The lowest BCUT2D eigenvalue weighted by Gasteiger charge is -2.36. The predicted octanol–water partition coefficient (Wildman–Crippen LogP) is 4.78. The Bertz CT molecular complexity index is 185. The molecule has 0 N–H and O–H groups in total. The molecule has 16 heavy (non-hydrogen) atoms. The second-order valence-electron chi connectivity index (χ2n) is 5.95. The number of hydrogen-bond acceptors (Lipinski definition) is 1. The summed E-state index contributed by atoms with van der Waals surface area (Å²) in [6.45, 7) is 7.69. The highest BCUT2D eigenvalue weighted by atomic mass is 79.9. The van der Waals surface area contributed by atoms with E-state index in [4.69, 9.17) is 4.74 Å². The van der Waals surface area contributed by atoms with Gasteiger partial charge in [-0.2, -0.15) is 0 Å². The van der Waals surface area contributed by atoms with Crippen molar-refractivity contribution in [3.63, 3.8) is 0 Å². The van der Waals surface area contributed by atoms with Crippen LogP contribution in [0.1, 0.15) is 59.3 Å². The van der Waals surface area contributed by atoms with Gasteiger partial charge in [-0.05, 0) is 32.1 Å². The van der Waals surface area contributed by atoms with Gasteiger partial charge in [-0.1, -0.05) is 49.0 Å². The average Bonchev–Trinajstić information content (AvgIpc) is 2.27. The van der Waals surface area contributed by atoms with Crippen molar-refractivity contribution in [2.45, 2.75) is 65.4 Å². The van der Waals surface area contributed by atoms with Crippen LogP contribution in [0.2, 0.25) is 0 Å². The molecular formula is C14H27BrO. The summed E-state index contributed by atoms with van der Waals surface area (Å²) in [7, 11) is 0. The summed E-state index contributed by atoms with van der Waals surface area (Å²) in [5, 5.41) is 1.11. The summed E-state index contributed by atoms with van der Waals surface area (Å²) in [6.07, 6.45) is 8.45. The highest BCUT2D eigenvalue weighted by molar-refractivity contribution is 9.09. The Hall–Kier alpha value is 0.440. The molecule has 1 aliphatic rings. The first-order chi connectivity index (χ1) is 7.58. The number of halogens is 1. The Kier molecular flexibility index (Phi) is 6.35. The molecule has 2 heteroatoms. The van der Waals surface area contributed by atoms with Crippen LogP contribution in [0.15, 0.2) is 0 Å². The molecule has 1 aliphatic carbocycles. The third kappa shape index (κ3) is 4.75. The molecule has 1 atom stereocenters.